The molecule has 0 radical (unpaired) electrons. The summed E-state index contributed by atoms with van der Waals surface area (Å²) in [5, 5.41) is 2.96. The van der Waals surface area contributed by atoms with Gasteiger partial charge in [0.05, 0.1) is 6.04 Å². The fraction of sp³-hybridized carbons (Fsp3) is 0.500. The minimum atomic E-state index is -0.466. The van der Waals surface area contributed by atoms with Gasteiger partial charge in [0.25, 0.3) is 0 Å². The van der Waals surface area contributed by atoms with Gasteiger partial charge in [0.2, 0.25) is 5.91 Å². The number of benzene rings is 1. The zero-order chi connectivity index (χ0) is 13.8. The van der Waals surface area contributed by atoms with Crippen molar-refractivity contribution in [1.29, 1.82) is 0 Å². The summed E-state index contributed by atoms with van der Waals surface area (Å²) in [5.74, 6) is -0.0102. The Kier molecular flexibility index (Phi) is 5.23. The number of nitrogens with two attached hydrogens (primary N) is 1. The summed E-state index contributed by atoms with van der Waals surface area (Å²) in [6.45, 7) is 5.69. The summed E-state index contributed by atoms with van der Waals surface area (Å²) in [7, 11) is 0. The topological polar surface area (TPSA) is 55.1 Å². The van der Waals surface area contributed by atoms with Crippen LogP contribution in [0.4, 0.5) is 0 Å². The van der Waals surface area contributed by atoms with E-state index in [0.717, 1.165) is 5.56 Å². The summed E-state index contributed by atoms with van der Waals surface area (Å²) >= 11 is 1.71. The fourth-order valence-electron chi connectivity index (χ4n) is 1.68. The van der Waals surface area contributed by atoms with Gasteiger partial charge in [-0.25, -0.2) is 0 Å². The Morgan fingerprint density at radius 1 is 1.39 bits per heavy atom. The van der Waals surface area contributed by atoms with Crippen molar-refractivity contribution < 1.29 is 4.79 Å². The van der Waals surface area contributed by atoms with Gasteiger partial charge in [-0.15, -0.1) is 11.8 Å². The summed E-state index contributed by atoms with van der Waals surface area (Å²) in [6.07, 6.45) is 2.38. The van der Waals surface area contributed by atoms with E-state index in [9.17, 15) is 4.79 Å². The van der Waals surface area contributed by atoms with Gasteiger partial charge in [-0.05, 0) is 44.7 Å². The van der Waals surface area contributed by atoms with Gasteiger partial charge >= 0.3 is 0 Å². The maximum atomic E-state index is 11.8. The molecule has 4 heteroatoms. The molecule has 0 heterocycles. The van der Waals surface area contributed by atoms with Gasteiger partial charge in [-0.3, -0.25) is 4.79 Å². The number of hydrogen-bond donors (Lipinski definition) is 2. The van der Waals surface area contributed by atoms with Crippen molar-refractivity contribution in [3.63, 3.8) is 0 Å². The van der Waals surface area contributed by atoms with Crippen LogP contribution >= 0.6 is 11.8 Å². The van der Waals surface area contributed by atoms with E-state index in [0.29, 0.717) is 6.42 Å². The van der Waals surface area contributed by atoms with E-state index in [1.807, 2.05) is 39.2 Å². The minimum absolute atomic E-state index is 0.00996. The summed E-state index contributed by atoms with van der Waals surface area (Å²) in [6, 6.07) is 8.23. The molecule has 0 aliphatic rings. The van der Waals surface area contributed by atoms with Gasteiger partial charge in [0, 0.05) is 16.9 Å². The van der Waals surface area contributed by atoms with Gasteiger partial charge in [0.1, 0.15) is 0 Å². The van der Waals surface area contributed by atoms with Crippen molar-refractivity contribution in [3.05, 3.63) is 29.8 Å². The van der Waals surface area contributed by atoms with E-state index in [1.165, 1.54) is 4.90 Å². The third-order valence-corrected chi connectivity index (χ3v) is 3.35. The molecule has 0 fully saturated rings. The number of hydrogen-bond acceptors (Lipinski definition) is 3. The van der Waals surface area contributed by atoms with Crippen molar-refractivity contribution in [1.82, 2.24) is 5.32 Å². The first-order chi connectivity index (χ1) is 8.31. The van der Waals surface area contributed by atoms with Crippen LogP contribution in [0, 0.1) is 0 Å². The molecular weight excluding hydrogens is 244 g/mol. The molecule has 1 rings (SSSR count). The minimum Gasteiger partial charge on any atom is -0.350 e. The predicted octanol–water partition coefficient (Wildman–Crippen LogP) is 2.71. The maximum Gasteiger partial charge on any atom is 0.222 e. The molecule has 0 aromatic heterocycles. The first kappa shape index (κ1) is 15.1. The third-order valence-electron chi connectivity index (χ3n) is 2.61. The number of rotatable bonds is 5. The third kappa shape index (κ3) is 5.10. The van der Waals surface area contributed by atoms with Crippen molar-refractivity contribution in [2.24, 2.45) is 5.73 Å². The molecule has 0 aliphatic heterocycles. The molecular formula is C14H22N2OS. The van der Waals surface area contributed by atoms with E-state index in [1.54, 1.807) is 11.8 Å². The first-order valence-electron chi connectivity index (χ1n) is 6.04. The normalized spacial score (nSPS) is 13.2. The van der Waals surface area contributed by atoms with Gasteiger partial charge in [0.15, 0.2) is 0 Å². The van der Waals surface area contributed by atoms with E-state index in [2.05, 4.69) is 17.4 Å². The maximum absolute atomic E-state index is 11.8. The fourth-order valence-corrected chi connectivity index (χ4v) is 2.09. The number of carbonyl (C=O) groups excluding carboxylic acids is 1. The van der Waals surface area contributed by atoms with Gasteiger partial charge in [-0.2, -0.15) is 0 Å². The number of amides is 1. The largest absolute Gasteiger partial charge is 0.350 e. The van der Waals surface area contributed by atoms with Crippen LogP contribution in [0.2, 0.25) is 0 Å². The van der Waals surface area contributed by atoms with Crippen molar-refractivity contribution in [2.75, 3.05) is 6.26 Å². The van der Waals surface area contributed by atoms with Crippen LogP contribution in [0.3, 0.4) is 0 Å². The Labute approximate surface area is 114 Å². The second-order valence-corrected chi connectivity index (χ2v) is 6.11. The molecule has 1 atom stereocenters. The summed E-state index contributed by atoms with van der Waals surface area (Å²) < 4.78 is 0. The lowest BCUT2D eigenvalue weighted by Crippen LogP contribution is -2.39. The van der Waals surface area contributed by atoms with Gasteiger partial charge < -0.3 is 11.1 Å². The highest BCUT2D eigenvalue weighted by Gasteiger charge is 2.18. The zero-order valence-corrected chi connectivity index (χ0v) is 12.3. The van der Waals surface area contributed by atoms with Crippen LogP contribution in [0.1, 0.15) is 38.8 Å². The van der Waals surface area contributed by atoms with Crippen LogP contribution in [-0.2, 0) is 4.79 Å². The average Bonchev–Trinajstić information content (AvgIpc) is 2.26. The highest BCUT2D eigenvalue weighted by molar-refractivity contribution is 7.98. The lowest BCUT2D eigenvalue weighted by atomic mass is 10.0. The van der Waals surface area contributed by atoms with E-state index >= 15 is 0 Å². The number of carbonyl (C=O) groups is 1. The molecule has 0 aliphatic carbocycles. The number of thioether (sulfide) groups is 1. The average molecular weight is 266 g/mol. The molecule has 1 unspecified atom stereocenters. The van der Waals surface area contributed by atoms with Crippen molar-refractivity contribution >= 4 is 17.7 Å². The lowest BCUT2D eigenvalue weighted by molar-refractivity contribution is -0.122. The van der Waals surface area contributed by atoms with Crippen LogP contribution in [-0.4, -0.2) is 17.7 Å². The van der Waals surface area contributed by atoms with Crippen molar-refractivity contribution in [3.8, 4) is 0 Å². The highest BCUT2D eigenvalue weighted by atomic mass is 32.2. The quantitative estimate of drug-likeness (QED) is 0.806. The standard InChI is InChI=1S/C14H22N2OS/c1-10(16-13(17)9-14(2,3)15)11-5-7-12(18-4)8-6-11/h5-8,10H,9,15H2,1-4H3,(H,16,17). The Balaban J connectivity index is 2.59. The Hall–Kier alpha value is -1.00. The number of nitrogens with one attached hydrogen (secondary N) is 1. The molecule has 1 aromatic rings. The Morgan fingerprint density at radius 2 is 1.94 bits per heavy atom. The second-order valence-electron chi connectivity index (χ2n) is 5.23. The molecule has 3 nitrogen and oxygen atoms in total. The molecule has 0 saturated carbocycles. The van der Waals surface area contributed by atoms with Crippen LogP contribution < -0.4 is 11.1 Å². The van der Waals surface area contributed by atoms with Crippen molar-refractivity contribution in [2.45, 2.75) is 43.7 Å². The monoisotopic (exact) mass is 266 g/mol. The second kappa shape index (κ2) is 6.25. The van der Waals surface area contributed by atoms with Crippen LogP contribution in [0.25, 0.3) is 0 Å². The smallest absolute Gasteiger partial charge is 0.222 e. The zero-order valence-electron chi connectivity index (χ0n) is 11.5. The Bertz CT molecular complexity index is 395. The highest BCUT2D eigenvalue weighted by Crippen LogP contribution is 2.19. The summed E-state index contributed by atoms with van der Waals surface area (Å²) in [5.41, 5.74) is 6.47. The molecule has 3 N–H and O–H groups in total. The van der Waals surface area contributed by atoms with E-state index in [-0.39, 0.29) is 11.9 Å². The molecule has 0 saturated heterocycles. The predicted molar refractivity (Wildman–Crippen MR) is 77.7 cm³/mol. The SMILES string of the molecule is CSc1ccc(C(C)NC(=O)CC(C)(C)N)cc1. The molecule has 1 aromatic carbocycles. The molecule has 0 spiro atoms. The van der Waals surface area contributed by atoms with Crippen LogP contribution in [0.15, 0.2) is 29.2 Å². The summed E-state index contributed by atoms with van der Waals surface area (Å²) in [4.78, 5) is 13.0. The van der Waals surface area contributed by atoms with Crippen LogP contribution in [0.5, 0.6) is 0 Å². The van der Waals surface area contributed by atoms with E-state index < -0.39 is 5.54 Å². The van der Waals surface area contributed by atoms with E-state index in [4.69, 9.17) is 5.73 Å². The van der Waals surface area contributed by atoms with Gasteiger partial charge in [-0.1, -0.05) is 12.1 Å². The molecule has 100 valence electrons. The lowest BCUT2D eigenvalue weighted by Gasteiger charge is -2.20. The Morgan fingerprint density at radius 3 is 2.39 bits per heavy atom. The molecule has 1 amide bonds. The molecule has 0 bridgehead atoms. The first-order valence-corrected chi connectivity index (χ1v) is 7.26. The molecule has 18 heavy (non-hydrogen) atoms.